The molecule has 1 aromatic rings. The average Bonchev–Trinajstić information content (AvgIpc) is 2.27. The first kappa shape index (κ1) is 12.6. The largest absolute Gasteiger partial charge is 0.329 e. The van der Waals surface area contributed by atoms with Gasteiger partial charge in [0.05, 0.1) is 0 Å². The lowest BCUT2D eigenvalue weighted by molar-refractivity contribution is 0.505. The summed E-state index contributed by atoms with van der Waals surface area (Å²) in [7, 11) is 0. The maximum atomic E-state index is 5.83. The van der Waals surface area contributed by atoms with Crippen molar-refractivity contribution in [1.82, 2.24) is 0 Å². The second-order valence-electron chi connectivity index (χ2n) is 3.97. The van der Waals surface area contributed by atoms with Crippen molar-refractivity contribution in [3.8, 4) is 0 Å². The molecule has 0 fully saturated rings. The number of nitrogens with two attached hydrogens (primary N) is 1. The second kappa shape index (κ2) is 6.91. The van der Waals surface area contributed by atoms with E-state index in [1.165, 1.54) is 17.7 Å². The number of rotatable bonds is 6. The number of thioether (sulfide) groups is 1. The first-order chi connectivity index (χ1) is 7.27. The molecule has 0 aliphatic heterocycles. The quantitative estimate of drug-likeness (QED) is 0.746. The van der Waals surface area contributed by atoms with Gasteiger partial charge in [0.1, 0.15) is 0 Å². The van der Waals surface area contributed by atoms with Gasteiger partial charge in [-0.2, -0.15) is 0 Å². The third-order valence-electron chi connectivity index (χ3n) is 2.64. The van der Waals surface area contributed by atoms with Gasteiger partial charge in [-0.15, -0.1) is 11.8 Å². The highest BCUT2D eigenvalue weighted by Crippen LogP contribution is 2.29. The predicted molar refractivity (Wildman–Crippen MR) is 69.2 cm³/mol. The van der Waals surface area contributed by atoms with Gasteiger partial charge in [0.25, 0.3) is 0 Å². The lowest BCUT2D eigenvalue weighted by Crippen LogP contribution is -2.24. The van der Waals surface area contributed by atoms with Gasteiger partial charge >= 0.3 is 0 Å². The van der Waals surface area contributed by atoms with Crippen LogP contribution in [0.4, 0.5) is 0 Å². The van der Waals surface area contributed by atoms with E-state index in [0.29, 0.717) is 11.2 Å². The van der Waals surface area contributed by atoms with Crippen molar-refractivity contribution < 1.29 is 0 Å². The summed E-state index contributed by atoms with van der Waals surface area (Å²) in [5.41, 5.74) is 5.83. The maximum absolute atomic E-state index is 5.83. The van der Waals surface area contributed by atoms with E-state index in [-0.39, 0.29) is 0 Å². The van der Waals surface area contributed by atoms with Gasteiger partial charge in [-0.3, -0.25) is 0 Å². The van der Waals surface area contributed by atoms with E-state index in [1.54, 1.807) is 0 Å². The summed E-state index contributed by atoms with van der Waals surface area (Å²) < 4.78 is 0. The molecule has 0 spiro atoms. The molecule has 2 unspecified atom stereocenters. The zero-order chi connectivity index (χ0) is 11.1. The zero-order valence-corrected chi connectivity index (χ0v) is 10.5. The number of hydrogen-bond acceptors (Lipinski definition) is 2. The Morgan fingerprint density at radius 2 is 1.93 bits per heavy atom. The van der Waals surface area contributed by atoms with Crippen LogP contribution in [0.15, 0.2) is 35.2 Å². The van der Waals surface area contributed by atoms with Crippen molar-refractivity contribution in [2.24, 2.45) is 11.7 Å². The number of hydrogen-bond donors (Lipinski definition) is 1. The van der Waals surface area contributed by atoms with Crippen molar-refractivity contribution >= 4 is 11.8 Å². The highest BCUT2D eigenvalue weighted by Gasteiger charge is 2.15. The highest BCUT2D eigenvalue weighted by molar-refractivity contribution is 8.00. The normalized spacial score (nSPS) is 14.9. The molecule has 0 amide bonds. The predicted octanol–water partition coefficient (Wildman–Crippen LogP) is 3.54. The second-order valence-corrected chi connectivity index (χ2v) is 5.28. The van der Waals surface area contributed by atoms with Crippen LogP contribution < -0.4 is 5.73 Å². The van der Waals surface area contributed by atoms with E-state index >= 15 is 0 Å². The Kier molecular flexibility index (Phi) is 5.81. The Labute approximate surface area is 97.4 Å². The first-order valence-electron chi connectivity index (χ1n) is 5.69. The maximum Gasteiger partial charge on any atom is 0.0243 e. The van der Waals surface area contributed by atoms with Gasteiger partial charge in [0, 0.05) is 16.7 Å². The molecule has 84 valence electrons. The van der Waals surface area contributed by atoms with Crippen molar-refractivity contribution in [2.75, 3.05) is 6.54 Å². The summed E-state index contributed by atoms with van der Waals surface area (Å²) in [4.78, 5) is 1.33. The smallest absolute Gasteiger partial charge is 0.0243 e. The van der Waals surface area contributed by atoms with E-state index in [9.17, 15) is 0 Å². The molecule has 0 heterocycles. The Morgan fingerprint density at radius 1 is 1.27 bits per heavy atom. The third-order valence-corrected chi connectivity index (χ3v) is 4.15. The van der Waals surface area contributed by atoms with Crippen LogP contribution >= 0.6 is 11.8 Å². The molecule has 2 N–H and O–H groups in total. The van der Waals surface area contributed by atoms with Crippen LogP contribution in [0.25, 0.3) is 0 Å². The minimum atomic E-state index is 0.548. The van der Waals surface area contributed by atoms with Crippen LogP contribution in [0.1, 0.15) is 26.7 Å². The summed E-state index contributed by atoms with van der Waals surface area (Å²) in [6, 6.07) is 10.5. The minimum absolute atomic E-state index is 0.548. The lowest BCUT2D eigenvalue weighted by Gasteiger charge is -2.21. The molecule has 2 atom stereocenters. The van der Waals surface area contributed by atoms with Crippen molar-refractivity contribution in [1.29, 1.82) is 0 Å². The Bertz CT molecular complexity index is 260. The fourth-order valence-corrected chi connectivity index (χ4v) is 2.84. The van der Waals surface area contributed by atoms with E-state index in [2.05, 4.69) is 44.2 Å². The monoisotopic (exact) mass is 223 g/mol. The molecular formula is C13H21NS. The summed E-state index contributed by atoms with van der Waals surface area (Å²) in [6.07, 6.45) is 2.51. The summed E-state index contributed by atoms with van der Waals surface area (Å²) >= 11 is 1.91. The van der Waals surface area contributed by atoms with Gasteiger partial charge in [-0.25, -0.2) is 0 Å². The molecule has 0 radical (unpaired) electrons. The Hall–Kier alpha value is -0.470. The van der Waals surface area contributed by atoms with E-state index in [0.717, 1.165) is 6.54 Å². The Balaban J connectivity index is 2.53. The molecule has 2 heteroatoms. The molecule has 15 heavy (non-hydrogen) atoms. The van der Waals surface area contributed by atoms with Gasteiger partial charge in [0.15, 0.2) is 0 Å². The van der Waals surface area contributed by atoms with Crippen LogP contribution in [0, 0.1) is 5.92 Å². The molecule has 0 bridgehead atoms. The summed E-state index contributed by atoms with van der Waals surface area (Å²) in [6.45, 7) is 5.30. The highest BCUT2D eigenvalue weighted by atomic mass is 32.2. The molecule has 0 aromatic heterocycles. The van der Waals surface area contributed by atoms with Gasteiger partial charge < -0.3 is 5.73 Å². The van der Waals surface area contributed by atoms with Crippen molar-refractivity contribution in [3.05, 3.63) is 30.3 Å². The van der Waals surface area contributed by atoms with Crippen LogP contribution in [0.3, 0.4) is 0 Å². The topological polar surface area (TPSA) is 26.0 Å². The Morgan fingerprint density at radius 3 is 2.47 bits per heavy atom. The molecule has 1 nitrogen and oxygen atoms in total. The van der Waals surface area contributed by atoms with E-state index in [4.69, 9.17) is 5.73 Å². The van der Waals surface area contributed by atoms with E-state index in [1.807, 2.05) is 11.8 Å². The minimum Gasteiger partial charge on any atom is -0.329 e. The lowest BCUT2D eigenvalue weighted by atomic mass is 10.0. The summed E-state index contributed by atoms with van der Waals surface area (Å²) in [5.74, 6) is 0.699. The zero-order valence-electron chi connectivity index (χ0n) is 9.65. The fourth-order valence-electron chi connectivity index (χ4n) is 1.71. The van der Waals surface area contributed by atoms with Gasteiger partial charge in [-0.1, -0.05) is 38.5 Å². The number of benzene rings is 1. The van der Waals surface area contributed by atoms with Crippen LogP contribution in [-0.4, -0.2) is 11.8 Å². The van der Waals surface area contributed by atoms with Crippen molar-refractivity contribution in [2.45, 2.75) is 36.8 Å². The van der Waals surface area contributed by atoms with Crippen LogP contribution in [-0.2, 0) is 0 Å². The third kappa shape index (κ3) is 4.27. The SMILES string of the molecule is CCCC(C)C(CN)Sc1ccccc1. The van der Waals surface area contributed by atoms with Gasteiger partial charge in [-0.05, 0) is 24.5 Å². The van der Waals surface area contributed by atoms with Gasteiger partial charge in [0.2, 0.25) is 0 Å². The molecular weight excluding hydrogens is 202 g/mol. The van der Waals surface area contributed by atoms with Crippen molar-refractivity contribution in [3.63, 3.8) is 0 Å². The first-order valence-corrected chi connectivity index (χ1v) is 6.57. The van der Waals surface area contributed by atoms with Crippen LogP contribution in [0.2, 0.25) is 0 Å². The molecule has 0 aliphatic rings. The fraction of sp³-hybridized carbons (Fsp3) is 0.538. The molecule has 0 saturated heterocycles. The average molecular weight is 223 g/mol. The van der Waals surface area contributed by atoms with E-state index < -0.39 is 0 Å². The van der Waals surface area contributed by atoms with Crippen LogP contribution in [0.5, 0.6) is 0 Å². The molecule has 0 aliphatic carbocycles. The standard InChI is InChI=1S/C13H21NS/c1-3-7-11(2)13(10-14)15-12-8-5-4-6-9-12/h4-6,8-9,11,13H,3,7,10,14H2,1-2H3. The molecule has 1 rings (SSSR count). The molecule has 1 aromatic carbocycles. The molecule has 0 saturated carbocycles. The summed E-state index contributed by atoms with van der Waals surface area (Å²) in [5, 5.41) is 0.548.